The lowest BCUT2D eigenvalue weighted by Crippen LogP contribution is -2.41. The number of pyridine rings is 1. The summed E-state index contributed by atoms with van der Waals surface area (Å²) in [7, 11) is -0.448. The summed E-state index contributed by atoms with van der Waals surface area (Å²) in [6.45, 7) is 19.6. The number of aryl methyl sites for hydroxylation is 1. The van der Waals surface area contributed by atoms with Gasteiger partial charge in [0.2, 0.25) is 0 Å². The van der Waals surface area contributed by atoms with Crippen molar-refractivity contribution in [3.8, 4) is 0 Å². The van der Waals surface area contributed by atoms with Crippen LogP contribution in [0, 0.1) is 12.5 Å². The summed E-state index contributed by atoms with van der Waals surface area (Å²) < 4.78 is 12.3. The van der Waals surface area contributed by atoms with Crippen LogP contribution >= 0.6 is 0 Å². The van der Waals surface area contributed by atoms with Gasteiger partial charge in [0.15, 0.2) is 0 Å². The average molecular weight is 447 g/mol. The number of nitrogens with one attached hydrogen (secondary N) is 1. The summed E-state index contributed by atoms with van der Waals surface area (Å²) in [6, 6.07) is 8.13. The van der Waals surface area contributed by atoms with E-state index in [1.54, 1.807) is 6.20 Å². The fourth-order valence-electron chi connectivity index (χ4n) is 5.03. The van der Waals surface area contributed by atoms with Crippen LogP contribution in [0.25, 0.3) is 0 Å². The van der Waals surface area contributed by atoms with Crippen molar-refractivity contribution < 1.29 is 9.31 Å². The van der Waals surface area contributed by atoms with Crippen LogP contribution < -0.4 is 5.46 Å². The molecule has 2 heterocycles. The maximum absolute atomic E-state index is 8.01. The molecule has 1 aromatic heterocycles. The van der Waals surface area contributed by atoms with Gasteiger partial charge in [-0.3, -0.25) is 4.98 Å². The number of fused-ring (bicyclic) bond motifs is 1. The van der Waals surface area contributed by atoms with Crippen molar-refractivity contribution in [1.82, 2.24) is 4.98 Å². The van der Waals surface area contributed by atoms with Gasteiger partial charge in [0.05, 0.1) is 16.9 Å². The molecule has 1 fully saturated rings. The number of benzene rings is 1. The molecular formula is C27H38BN3O2. The van der Waals surface area contributed by atoms with Gasteiger partial charge in [-0.1, -0.05) is 45.9 Å². The fraction of sp³-hybridized carbons (Fsp3) is 0.593. The van der Waals surface area contributed by atoms with E-state index in [9.17, 15) is 0 Å². The smallest absolute Gasteiger partial charge is 0.399 e. The molecule has 6 heteroatoms. The van der Waals surface area contributed by atoms with E-state index in [0.29, 0.717) is 0 Å². The molecule has 2 aliphatic rings. The third-order valence-corrected chi connectivity index (χ3v) is 8.28. The highest BCUT2D eigenvalue weighted by molar-refractivity contribution is 6.62. The highest BCUT2D eigenvalue weighted by Gasteiger charge is 2.51. The van der Waals surface area contributed by atoms with E-state index in [0.717, 1.165) is 28.7 Å². The zero-order chi connectivity index (χ0) is 24.4. The lowest BCUT2D eigenvalue weighted by Gasteiger charge is -2.42. The molecule has 0 spiro atoms. The Balaban J connectivity index is 1.68. The standard InChI is InChI=1S/C27H38BN3O2/c1-17-14-20-21(25(4,5)13-12-24(20,2)3)15-19(17)23(31-29)22-11-10-18(16-30-22)28-32-26(6,7)27(8,9)33-28/h10-11,14-16,23,29H,12-13H2,1-9H3. The summed E-state index contributed by atoms with van der Waals surface area (Å²) in [5.41, 5.74) is 14.2. The summed E-state index contributed by atoms with van der Waals surface area (Å²) in [5.74, 6) is 0. The van der Waals surface area contributed by atoms with Gasteiger partial charge in [0, 0.05) is 11.7 Å². The minimum atomic E-state index is -0.448. The average Bonchev–Trinajstić information content (AvgIpc) is 2.94. The monoisotopic (exact) mass is 447 g/mol. The van der Waals surface area contributed by atoms with E-state index in [2.05, 4.69) is 51.9 Å². The topological polar surface area (TPSA) is 67.6 Å². The Bertz CT molecular complexity index is 1060. The number of rotatable bonds is 4. The molecule has 1 atom stereocenters. The summed E-state index contributed by atoms with van der Waals surface area (Å²) in [6.07, 6.45) is 4.13. The first-order valence-electron chi connectivity index (χ1n) is 12.0. The van der Waals surface area contributed by atoms with Crippen LogP contribution in [0.5, 0.6) is 0 Å². The number of nitrogens with zero attached hydrogens (tertiary/aromatic N) is 2. The van der Waals surface area contributed by atoms with Crippen molar-refractivity contribution in [3.63, 3.8) is 0 Å². The summed E-state index contributed by atoms with van der Waals surface area (Å²) in [5, 5.41) is 4.02. The molecule has 0 amide bonds. The van der Waals surface area contributed by atoms with E-state index in [1.165, 1.54) is 17.5 Å². The fourth-order valence-corrected chi connectivity index (χ4v) is 5.03. The molecule has 176 valence electrons. The predicted octanol–water partition coefficient (Wildman–Crippen LogP) is 6.16. The summed E-state index contributed by atoms with van der Waals surface area (Å²) in [4.78, 5) is 4.71. The van der Waals surface area contributed by atoms with Gasteiger partial charge in [-0.15, -0.1) is 0 Å². The zero-order valence-corrected chi connectivity index (χ0v) is 21.7. The normalized spacial score (nSPS) is 23.1. The molecule has 0 radical (unpaired) electrons. The van der Waals surface area contributed by atoms with Crippen molar-refractivity contribution in [2.45, 2.75) is 103 Å². The molecule has 1 aromatic carbocycles. The van der Waals surface area contributed by atoms with Gasteiger partial charge in [0.25, 0.3) is 0 Å². The van der Waals surface area contributed by atoms with Crippen LogP contribution in [0.4, 0.5) is 0 Å². The van der Waals surface area contributed by atoms with Gasteiger partial charge in [0.1, 0.15) is 6.04 Å². The first-order chi connectivity index (χ1) is 15.2. The van der Waals surface area contributed by atoms with Crippen molar-refractivity contribution in [1.29, 1.82) is 5.53 Å². The minimum Gasteiger partial charge on any atom is -0.399 e. The quantitative estimate of drug-likeness (QED) is 0.451. The van der Waals surface area contributed by atoms with E-state index in [1.807, 2.05) is 39.8 Å². The largest absolute Gasteiger partial charge is 0.496 e. The molecule has 1 aliphatic carbocycles. The molecule has 33 heavy (non-hydrogen) atoms. The van der Waals surface area contributed by atoms with Crippen LogP contribution in [-0.4, -0.2) is 23.3 Å². The molecule has 1 N–H and O–H groups in total. The highest BCUT2D eigenvalue weighted by atomic mass is 16.7. The second kappa shape index (κ2) is 7.74. The van der Waals surface area contributed by atoms with Gasteiger partial charge >= 0.3 is 7.12 Å². The van der Waals surface area contributed by atoms with E-state index < -0.39 is 24.4 Å². The molecule has 2 aromatic rings. The molecule has 0 saturated carbocycles. The van der Waals surface area contributed by atoms with Crippen molar-refractivity contribution in [2.75, 3.05) is 0 Å². The molecule has 5 nitrogen and oxygen atoms in total. The Hall–Kier alpha value is -2.05. The maximum atomic E-state index is 8.01. The second-order valence-corrected chi connectivity index (χ2v) is 12.2. The third kappa shape index (κ3) is 4.06. The summed E-state index contributed by atoms with van der Waals surface area (Å²) >= 11 is 0. The Morgan fingerprint density at radius 2 is 1.45 bits per heavy atom. The number of hydrogen-bond donors (Lipinski definition) is 1. The van der Waals surface area contributed by atoms with Gasteiger partial charge in [-0.25, -0.2) is 5.53 Å². The van der Waals surface area contributed by atoms with Crippen LogP contribution in [-0.2, 0) is 20.1 Å². The van der Waals surface area contributed by atoms with Gasteiger partial charge in [-0.05, 0) is 86.6 Å². The van der Waals surface area contributed by atoms with Gasteiger partial charge in [-0.2, -0.15) is 5.11 Å². The third-order valence-electron chi connectivity index (χ3n) is 8.28. The molecule has 0 bridgehead atoms. The maximum Gasteiger partial charge on any atom is 0.496 e. The van der Waals surface area contributed by atoms with Crippen LogP contribution in [0.15, 0.2) is 35.6 Å². The first-order valence-corrected chi connectivity index (χ1v) is 12.0. The SMILES string of the molecule is Cc1cc2c(cc1C(N=N)c1ccc(B3OC(C)(C)C(C)(C)O3)cn1)C(C)(C)CCC2(C)C. The number of aromatic nitrogens is 1. The van der Waals surface area contributed by atoms with Crippen molar-refractivity contribution in [2.24, 2.45) is 5.11 Å². The lowest BCUT2D eigenvalue weighted by molar-refractivity contribution is 0.00578. The Morgan fingerprint density at radius 3 is 1.94 bits per heavy atom. The van der Waals surface area contributed by atoms with Crippen LogP contribution in [0.1, 0.15) is 102 Å². The van der Waals surface area contributed by atoms with Crippen molar-refractivity contribution in [3.05, 3.63) is 58.4 Å². The van der Waals surface area contributed by atoms with E-state index in [-0.39, 0.29) is 10.8 Å². The Labute approximate surface area is 199 Å². The van der Waals surface area contributed by atoms with E-state index in [4.69, 9.17) is 19.8 Å². The first kappa shape index (κ1) is 24.1. The Kier molecular flexibility index (Phi) is 5.65. The van der Waals surface area contributed by atoms with Crippen LogP contribution in [0.3, 0.4) is 0 Å². The minimum absolute atomic E-state index is 0.105. The lowest BCUT2D eigenvalue weighted by atomic mass is 9.62. The zero-order valence-electron chi connectivity index (χ0n) is 21.7. The molecule has 1 aliphatic heterocycles. The Morgan fingerprint density at radius 1 is 0.909 bits per heavy atom. The van der Waals surface area contributed by atoms with E-state index >= 15 is 0 Å². The highest BCUT2D eigenvalue weighted by Crippen LogP contribution is 2.47. The van der Waals surface area contributed by atoms with Gasteiger partial charge < -0.3 is 9.31 Å². The molecular weight excluding hydrogens is 409 g/mol. The molecule has 4 rings (SSSR count). The second-order valence-electron chi connectivity index (χ2n) is 12.2. The predicted molar refractivity (Wildman–Crippen MR) is 133 cm³/mol. The molecule has 1 saturated heterocycles. The molecule has 1 unspecified atom stereocenters. The van der Waals surface area contributed by atoms with Crippen molar-refractivity contribution >= 4 is 12.6 Å². The number of hydrogen-bond acceptors (Lipinski definition) is 5. The van der Waals surface area contributed by atoms with Crippen LogP contribution in [0.2, 0.25) is 0 Å².